The van der Waals surface area contributed by atoms with Gasteiger partial charge in [-0.2, -0.15) is 0 Å². The van der Waals surface area contributed by atoms with Crippen LogP contribution < -0.4 is 32.8 Å². The molecule has 0 radical (unpaired) electrons. The Labute approximate surface area is 265 Å². The molecule has 0 unspecified atom stereocenters. The van der Waals surface area contributed by atoms with Gasteiger partial charge in [0.25, 0.3) is 0 Å². The van der Waals surface area contributed by atoms with Crippen molar-refractivity contribution in [2.24, 2.45) is 0 Å². The average Bonchev–Trinajstić information content (AvgIpc) is 2.99. The Kier molecular flexibility index (Phi) is 10.2. The van der Waals surface area contributed by atoms with E-state index >= 15 is 0 Å². The van der Waals surface area contributed by atoms with Crippen molar-refractivity contribution >= 4 is 46.2 Å². The molecule has 0 nitrogen and oxygen atoms in total. The molecule has 0 heterocycles. The second-order valence-electron chi connectivity index (χ2n) is 10.6. The van der Waals surface area contributed by atoms with Gasteiger partial charge in [0.05, 0.1) is 0 Å². The predicted molar refractivity (Wildman–Crippen MR) is 168 cm³/mol. The topological polar surface area (TPSA) is 0 Å². The fourth-order valence-corrected chi connectivity index (χ4v) is 5.35. The highest BCUT2D eigenvalue weighted by molar-refractivity contribution is 6.96. The number of hydrogen-bond donors (Lipinski definition) is 0. The maximum absolute atomic E-state index is 13.6. The van der Waals surface area contributed by atoms with Crippen LogP contribution in [0.15, 0.2) is 127 Å². The van der Waals surface area contributed by atoms with Gasteiger partial charge >= 0.3 is 0 Å². The van der Waals surface area contributed by atoms with Crippen LogP contribution in [-0.4, -0.2) is 13.4 Å². The Bertz CT molecular complexity index is 1690. The second-order valence-corrected chi connectivity index (χ2v) is 10.6. The van der Waals surface area contributed by atoms with E-state index in [-0.39, 0.29) is 40.6 Å². The van der Waals surface area contributed by atoms with Crippen LogP contribution in [-0.2, 0) is 0 Å². The summed E-state index contributed by atoms with van der Waals surface area (Å²) < 4.78 is 121. The molecule has 0 saturated heterocycles. The zero-order valence-corrected chi connectivity index (χ0v) is 24.2. The zero-order valence-electron chi connectivity index (χ0n) is 24.2. The summed E-state index contributed by atoms with van der Waals surface area (Å²) in [6.07, 6.45) is 0. The quantitative estimate of drug-likeness (QED) is 0.162. The maximum atomic E-state index is 13.6. The molecular weight excluding hydrogens is 625 g/mol. The first-order valence-corrected chi connectivity index (χ1v) is 14.1. The molecule has 47 heavy (non-hydrogen) atoms. The van der Waals surface area contributed by atoms with Gasteiger partial charge < -0.3 is 0 Å². The third kappa shape index (κ3) is 8.55. The minimum absolute atomic E-state index is 0.0347. The molecule has 0 bridgehead atoms. The second kappa shape index (κ2) is 14.5. The van der Waals surface area contributed by atoms with Gasteiger partial charge in [0.2, 0.25) is 13.4 Å². The molecule has 234 valence electrons. The minimum Gasteiger partial charge on any atom is -0.207 e. The monoisotopic (exact) mass is 646 g/mol. The van der Waals surface area contributed by atoms with Crippen LogP contribution >= 0.6 is 0 Å². The Morgan fingerprint density at radius 2 is 0.404 bits per heavy atom. The van der Waals surface area contributed by atoms with Crippen LogP contribution in [0.25, 0.3) is 0 Å². The van der Waals surface area contributed by atoms with Crippen LogP contribution in [0.2, 0.25) is 0 Å². The summed E-state index contributed by atoms with van der Waals surface area (Å²) in [4.78, 5) is 0. The van der Waals surface area contributed by atoms with Gasteiger partial charge in [0.1, 0.15) is 52.4 Å². The predicted octanol–water partition coefficient (Wildman–Crippen LogP) is 5.66. The Morgan fingerprint density at radius 1 is 0.213 bits per heavy atom. The molecule has 11 heteroatoms. The number of rotatable bonds is 6. The van der Waals surface area contributed by atoms with Gasteiger partial charge in [-0.3, -0.25) is 0 Å². The van der Waals surface area contributed by atoms with E-state index in [1.165, 1.54) is 36.4 Å². The largest absolute Gasteiger partial charge is 0.241 e. The molecule has 0 aliphatic heterocycles. The first-order valence-electron chi connectivity index (χ1n) is 14.1. The average molecular weight is 646 g/mol. The smallest absolute Gasteiger partial charge is 0.207 e. The first-order chi connectivity index (χ1) is 22.4. The SMILES string of the molecule is Fc1cc(F)cc(B(c2cc(F)cc(F)c2)c2cc(F)cc(F)c2)c1.Fc1ccc(B(c2ccc(F)cc2)c2ccc(F)cc2)cc1. The van der Waals surface area contributed by atoms with Gasteiger partial charge in [-0.05, 0) is 72.8 Å². The van der Waals surface area contributed by atoms with E-state index in [1.807, 2.05) is 0 Å². The third-order valence-electron chi connectivity index (χ3n) is 7.26. The van der Waals surface area contributed by atoms with Gasteiger partial charge in [-0.15, -0.1) is 0 Å². The van der Waals surface area contributed by atoms with Crippen molar-refractivity contribution in [2.75, 3.05) is 0 Å². The molecular formula is C36H21B2F9. The molecule has 0 amide bonds. The van der Waals surface area contributed by atoms with Crippen molar-refractivity contribution in [1.29, 1.82) is 0 Å². The molecule has 6 rings (SSSR count). The molecule has 0 aliphatic carbocycles. The minimum atomic E-state index is -1.17. The van der Waals surface area contributed by atoms with E-state index in [0.29, 0.717) is 18.2 Å². The standard InChI is InChI=1S/C18H9BF6.C18H12BF3/c20-13-1-10(2-14(21)7-13)19(11-3-15(22)8-16(23)4-11)12-5-17(24)9-18(25)6-12;20-16-7-1-13(2-8-16)19(14-3-9-17(21)10-4-14)15-5-11-18(22)12-6-15/h1-9H;1-12H. The lowest BCUT2D eigenvalue weighted by atomic mass is 9.37. The van der Waals surface area contributed by atoms with E-state index in [9.17, 15) is 39.5 Å². The fourth-order valence-electron chi connectivity index (χ4n) is 5.35. The first kappa shape index (κ1) is 33.2. The molecule has 0 fully saturated rings. The van der Waals surface area contributed by atoms with Crippen LogP contribution in [0.4, 0.5) is 39.5 Å². The number of benzene rings is 6. The summed E-state index contributed by atoms with van der Waals surface area (Å²) in [5.41, 5.74) is 2.48. The van der Waals surface area contributed by atoms with E-state index in [0.717, 1.165) is 52.8 Å². The van der Waals surface area contributed by atoms with Crippen LogP contribution in [0.3, 0.4) is 0 Å². The highest BCUT2D eigenvalue weighted by Gasteiger charge is 2.26. The van der Waals surface area contributed by atoms with E-state index in [4.69, 9.17) is 0 Å². The summed E-state index contributed by atoms with van der Waals surface area (Å²) in [5, 5.41) is 0. The number of halogens is 9. The molecule has 0 aromatic heterocycles. The normalized spacial score (nSPS) is 10.7. The molecule has 0 N–H and O–H groups in total. The van der Waals surface area contributed by atoms with Crippen LogP contribution in [0.5, 0.6) is 0 Å². The lowest BCUT2D eigenvalue weighted by Gasteiger charge is -2.16. The Morgan fingerprint density at radius 3 is 0.617 bits per heavy atom. The van der Waals surface area contributed by atoms with Gasteiger partial charge in [0.15, 0.2) is 0 Å². The van der Waals surface area contributed by atoms with Crippen molar-refractivity contribution in [1.82, 2.24) is 0 Å². The Hall–Kier alpha value is -5.18. The van der Waals surface area contributed by atoms with Crippen molar-refractivity contribution in [3.8, 4) is 0 Å². The van der Waals surface area contributed by atoms with Crippen LogP contribution in [0, 0.1) is 52.4 Å². The zero-order chi connectivity index (χ0) is 33.7. The lowest BCUT2D eigenvalue weighted by Crippen LogP contribution is -2.52. The molecule has 0 aliphatic rings. The Balaban J connectivity index is 0.000000186. The highest BCUT2D eigenvalue weighted by atomic mass is 19.2. The highest BCUT2D eigenvalue weighted by Crippen LogP contribution is 2.08. The molecule has 0 saturated carbocycles. The molecule has 6 aromatic carbocycles. The third-order valence-corrected chi connectivity index (χ3v) is 7.26. The van der Waals surface area contributed by atoms with Crippen molar-refractivity contribution < 1.29 is 39.5 Å². The van der Waals surface area contributed by atoms with Gasteiger partial charge in [-0.1, -0.05) is 69.2 Å². The van der Waals surface area contributed by atoms with E-state index in [2.05, 4.69) is 0 Å². The summed E-state index contributed by atoms with van der Waals surface area (Å²) >= 11 is 0. The van der Waals surface area contributed by atoms with E-state index < -0.39 is 41.6 Å². The van der Waals surface area contributed by atoms with Crippen molar-refractivity contribution in [3.63, 3.8) is 0 Å². The summed E-state index contributed by atoms with van der Waals surface area (Å²) in [7, 11) is 0. The lowest BCUT2D eigenvalue weighted by molar-refractivity contribution is 0.585. The summed E-state index contributed by atoms with van der Waals surface area (Å²) in [6.45, 7) is -1.37. The van der Waals surface area contributed by atoms with Gasteiger partial charge in [-0.25, -0.2) is 39.5 Å². The summed E-state index contributed by atoms with van der Waals surface area (Å²) in [6, 6.07) is 26.0. The maximum Gasteiger partial charge on any atom is 0.241 e. The van der Waals surface area contributed by atoms with Gasteiger partial charge in [0, 0.05) is 18.2 Å². The molecule has 0 atom stereocenters. The van der Waals surface area contributed by atoms with Crippen molar-refractivity contribution in [2.45, 2.75) is 0 Å². The van der Waals surface area contributed by atoms with E-state index in [1.54, 1.807) is 36.4 Å². The molecule has 6 aromatic rings. The summed E-state index contributed by atoms with van der Waals surface area (Å²) in [5.74, 6) is -6.49. The fraction of sp³-hybridized carbons (Fsp3) is 0. The molecule has 0 spiro atoms. The van der Waals surface area contributed by atoms with Crippen LogP contribution in [0.1, 0.15) is 0 Å². The number of hydrogen-bond acceptors (Lipinski definition) is 0. The van der Waals surface area contributed by atoms with Crippen molar-refractivity contribution in [3.05, 3.63) is 180 Å².